The monoisotopic (exact) mass is 1000 g/mol. The molecule has 7 amide bonds. The summed E-state index contributed by atoms with van der Waals surface area (Å²) in [5, 5.41) is 35.0. The molecule has 2 aromatic carbocycles. The Morgan fingerprint density at radius 2 is 1.40 bits per heavy atom. The number of methoxy groups -OCH3 is 1. The van der Waals surface area contributed by atoms with Crippen molar-refractivity contribution in [2.45, 2.75) is 116 Å². The van der Waals surface area contributed by atoms with Crippen molar-refractivity contribution < 1.29 is 62.9 Å². The second-order valence-electron chi connectivity index (χ2n) is 17.8. The van der Waals surface area contributed by atoms with Crippen LogP contribution in [-0.2, 0) is 54.3 Å². The summed E-state index contributed by atoms with van der Waals surface area (Å²) in [7, 11) is 2.79. The zero-order valence-corrected chi connectivity index (χ0v) is 41.9. The number of aliphatic carboxylic acids is 2. The van der Waals surface area contributed by atoms with Crippen molar-refractivity contribution in [1.82, 2.24) is 36.8 Å². The minimum atomic E-state index is -2.00. The number of ketones is 1. The van der Waals surface area contributed by atoms with Gasteiger partial charge in [0.05, 0.1) is 24.0 Å². The minimum Gasteiger partial charge on any atom is -0.480 e. The van der Waals surface area contributed by atoms with E-state index in [1.54, 1.807) is 33.1 Å². The van der Waals surface area contributed by atoms with Gasteiger partial charge in [0.15, 0.2) is 5.78 Å². The third-order valence-corrected chi connectivity index (χ3v) is 12.4. The molecule has 2 aromatic rings. The van der Waals surface area contributed by atoms with Gasteiger partial charge >= 0.3 is 11.9 Å². The quantitative estimate of drug-likeness (QED) is 0.0598. The predicted molar refractivity (Wildman–Crippen MR) is 265 cm³/mol. The van der Waals surface area contributed by atoms with Gasteiger partial charge in [-0.05, 0) is 50.8 Å². The number of carboxylic acid groups (broad SMARTS) is 2. The summed E-state index contributed by atoms with van der Waals surface area (Å²) in [5.41, 5.74) is 7.32. The Morgan fingerprint density at radius 3 is 2.00 bits per heavy atom. The van der Waals surface area contributed by atoms with Crippen LogP contribution in [0.1, 0.15) is 83.1 Å². The van der Waals surface area contributed by atoms with Crippen LogP contribution in [0.2, 0.25) is 0 Å². The van der Waals surface area contributed by atoms with E-state index in [9.17, 15) is 58.2 Å². The van der Waals surface area contributed by atoms with Gasteiger partial charge in [-0.3, -0.25) is 38.4 Å². The van der Waals surface area contributed by atoms with E-state index in [-0.39, 0.29) is 29.7 Å². The van der Waals surface area contributed by atoms with Gasteiger partial charge < -0.3 is 57.5 Å². The normalized spacial score (nSPS) is 25.1. The van der Waals surface area contributed by atoms with Crippen molar-refractivity contribution in [3.8, 4) is 0 Å². The number of allylic oxidation sites excluding steroid dienone is 2. The van der Waals surface area contributed by atoms with Crippen LogP contribution in [0.25, 0.3) is 0 Å². The van der Waals surface area contributed by atoms with E-state index in [4.69, 9.17) is 10.5 Å². The number of hydrogen-bond donors (Lipinski definition) is 9. The molecule has 21 heteroatoms. The third kappa shape index (κ3) is 17.0. The van der Waals surface area contributed by atoms with E-state index in [0.29, 0.717) is 12.0 Å². The van der Waals surface area contributed by atoms with E-state index < -0.39 is 132 Å². The number of carbonyl (C=O) groups excluding carboxylic acids is 8. The standard InChI is InChI=1S/C51H68N8O13/c1-10-36-48(66)55-37(21-20-27(2)24-28(3)41(72-9)25-33-16-12-11-13-17-33)29(4)44(62)56-38(50(68)69)22-23-42(61)59(8)32(7)47(65)53-31(6)46(64)57-39(26-40(60)34-18-14-15-19-35(34)52)49(67)58-43(51(70)71)30(5)45(63)54-36/h11-21,24,28-31,36-39,41,43H,7,10,22-23,25-26,52H2,1-6,8-9H3,(H,53,65)(H,54,63)(H,55,66)(H,56,62)(H,57,64)(H,58,67)(H,68,69)(H,70,71)/b21-20+,27-24+/t28-,29-,30-,31+,36-,37-,38+,39-,41-,43+/m0/s1. The molecular weight excluding hydrogens is 933 g/mol. The molecule has 0 radical (unpaired) electrons. The third-order valence-electron chi connectivity index (χ3n) is 12.4. The van der Waals surface area contributed by atoms with E-state index in [2.05, 4.69) is 38.5 Å². The first kappa shape index (κ1) is 58.6. The van der Waals surface area contributed by atoms with E-state index in [1.165, 1.54) is 52.1 Å². The maximum absolute atomic E-state index is 14.1. The van der Waals surface area contributed by atoms with Crippen LogP contribution < -0.4 is 37.6 Å². The number of nitrogens with zero attached hydrogens (tertiary/aromatic N) is 1. The fraction of sp³-hybridized carbons (Fsp3) is 0.451. The minimum absolute atomic E-state index is 0.0189. The Kier molecular flexibility index (Phi) is 22.5. The Labute approximate surface area is 418 Å². The molecule has 1 saturated heterocycles. The van der Waals surface area contributed by atoms with Gasteiger partial charge in [0.1, 0.15) is 35.9 Å². The lowest BCUT2D eigenvalue weighted by atomic mass is 9.94. The van der Waals surface area contributed by atoms with Crippen LogP contribution in [0.3, 0.4) is 0 Å². The van der Waals surface area contributed by atoms with Gasteiger partial charge in [0, 0.05) is 44.2 Å². The topological polar surface area (TPSA) is 322 Å². The smallest absolute Gasteiger partial charge is 0.327 e. The number of nitrogen functional groups attached to an aromatic ring is 1. The molecule has 0 bridgehead atoms. The molecule has 10 atom stereocenters. The molecule has 0 unspecified atom stereocenters. The van der Waals surface area contributed by atoms with Gasteiger partial charge in [-0.15, -0.1) is 0 Å². The number of anilines is 1. The maximum atomic E-state index is 14.1. The van der Waals surface area contributed by atoms with Crippen molar-refractivity contribution in [2.24, 2.45) is 17.8 Å². The molecule has 10 N–H and O–H groups in total. The Morgan fingerprint density at radius 1 is 0.806 bits per heavy atom. The lowest BCUT2D eigenvalue weighted by Gasteiger charge is -2.28. The zero-order chi connectivity index (χ0) is 54.0. The van der Waals surface area contributed by atoms with Crippen molar-refractivity contribution in [2.75, 3.05) is 19.9 Å². The lowest BCUT2D eigenvalue weighted by molar-refractivity contribution is -0.146. The molecule has 3 rings (SSSR count). The number of hydrogen-bond acceptors (Lipinski definition) is 12. The van der Waals surface area contributed by atoms with E-state index in [0.717, 1.165) is 10.5 Å². The van der Waals surface area contributed by atoms with Crippen LogP contribution in [0.4, 0.5) is 5.69 Å². The van der Waals surface area contributed by atoms with Crippen LogP contribution in [-0.4, -0.2) is 131 Å². The summed E-state index contributed by atoms with van der Waals surface area (Å²) in [6, 6.07) is 6.21. The number of nitrogens with one attached hydrogen (secondary N) is 6. The van der Waals surface area contributed by atoms with Crippen molar-refractivity contribution in [1.29, 1.82) is 0 Å². The van der Waals surface area contributed by atoms with Gasteiger partial charge in [-0.1, -0.05) is 101 Å². The molecule has 0 aromatic heterocycles. The lowest BCUT2D eigenvalue weighted by Crippen LogP contribution is -2.59. The molecular formula is C51H68N8O13. The van der Waals surface area contributed by atoms with Crippen LogP contribution in [0, 0.1) is 17.8 Å². The number of rotatable bonds is 13. The number of carboxylic acids is 2. The highest BCUT2D eigenvalue weighted by atomic mass is 16.5. The van der Waals surface area contributed by atoms with Gasteiger partial charge in [-0.25, -0.2) is 9.59 Å². The summed E-state index contributed by atoms with van der Waals surface area (Å²) in [5.74, 6) is -13.5. The number of ether oxygens (including phenoxy) is 1. The Hall–Kier alpha value is -7.68. The first-order chi connectivity index (χ1) is 33.9. The Bertz CT molecular complexity index is 2410. The fourth-order valence-corrected chi connectivity index (χ4v) is 7.59. The fourth-order valence-electron chi connectivity index (χ4n) is 7.59. The maximum Gasteiger partial charge on any atom is 0.327 e. The highest BCUT2D eigenvalue weighted by Gasteiger charge is 2.38. The number of benzene rings is 2. The molecule has 0 saturated carbocycles. The number of para-hydroxylation sites is 1. The first-order valence-corrected chi connectivity index (χ1v) is 23.4. The number of likely N-dealkylation sites (N-methyl/N-ethyl adjacent to an activating group) is 1. The first-order valence-electron chi connectivity index (χ1n) is 23.4. The molecule has 0 spiro atoms. The second kappa shape index (κ2) is 27.6. The van der Waals surface area contributed by atoms with E-state index >= 15 is 0 Å². The molecule has 1 fully saturated rings. The van der Waals surface area contributed by atoms with Gasteiger partial charge in [0.2, 0.25) is 35.4 Å². The summed E-state index contributed by atoms with van der Waals surface area (Å²) in [4.78, 5) is 135. The summed E-state index contributed by atoms with van der Waals surface area (Å²) < 4.78 is 5.80. The molecule has 0 aliphatic carbocycles. The number of nitrogens with two attached hydrogens (primary N) is 1. The highest BCUT2D eigenvalue weighted by molar-refractivity contribution is 6.05. The zero-order valence-electron chi connectivity index (χ0n) is 41.9. The second-order valence-corrected chi connectivity index (χ2v) is 17.8. The summed E-state index contributed by atoms with van der Waals surface area (Å²) in [6.07, 6.45) is 3.75. The molecule has 1 aliphatic rings. The van der Waals surface area contributed by atoms with Gasteiger partial charge in [0.25, 0.3) is 5.91 Å². The van der Waals surface area contributed by atoms with Crippen LogP contribution in [0.5, 0.6) is 0 Å². The van der Waals surface area contributed by atoms with Crippen molar-refractivity contribution in [3.63, 3.8) is 0 Å². The average molecular weight is 1000 g/mol. The summed E-state index contributed by atoms with van der Waals surface area (Å²) in [6.45, 7) is 12.7. The molecule has 1 aliphatic heterocycles. The van der Waals surface area contributed by atoms with Crippen LogP contribution in [0.15, 0.2) is 90.7 Å². The van der Waals surface area contributed by atoms with Gasteiger partial charge in [-0.2, -0.15) is 0 Å². The van der Waals surface area contributed by atoms with Crippen molar-refractivity contribution >= 4 is 64.8 Å². The molecule has 390 valence electrons. The SMILES string of the molecule is C=C1C(=O)N[C@H](C)C(=O)N[C@@H](CC(=O)c2ccccc2N)C(=O)N[C@@H](C(=O)O)[C@H](C)C(=O)N[C@@H](CC)C(=O)N[C@@H](/C=C/C(C)=C/[C@H](C)[C@H](Cc2ccccc2)OC)[C@H](C)C(=O)N[C@@H](C(=O)O)CCC(=O)N1C. The van der Waals surface area contributed by atoms with Crippen LogP contribution >= 0.6 is 0 Å². The Balaban J connectivity index is 2.07. The number of carbonyl (C=O) groups is 10. The molecule has 72 heavy (non-hydrogen) atoms. The van der Waals surface area contributed by atoms with E-state index in [1.807, 2.05) is 43.3 Å². The van der Waals surface area contributed by atoms with Crippen molar-refractivity contribution in [3.05, 3.63) is 102 Å². The predicted octanol–water partition coefficient (Wildman–Crippen LogP) is 1.78. The molecule has 1 heterocycles. The largest absolute Gasteiger partial charge is 0.480 e. The summed E-state index contributed by atoms with van der Waals surface area (Å²) >= 11 is 0. The number of Topliss-reactive ketones (excluding diaryl/α,β-unsaturated/α-hetero) is 1. The molecule has 21 nitrogen and oxygen atoms in total. The highest BCUT2D eigenvalue weighted by Crippen LogP contribution is 2.19. The number of amides is 7. The average Bonchev–Trinajstić information content (AvgIpc) is 3.34.